The van der Waals surface area contributed by atoms with E-state index in [9.17, 15) is 0 Å². The van der Waals surface area contributed by atoms with Gasteiger partial charge in [-0.2, -0.15) is 4.99 Å². The summed E-state index contributed by atoms with van der Waals surface area (Å²) in [5.41, 5.74) is 0. The second-order valence-corrected chi connectivity index (χ2v) is 0.800. The van der Waals surface area contributed by atoms with Crippen molar-refractivity contribution in [3.63, 3.8) is 0 Å². The molecule has 0 aromatic rings. The van der Waals surface area contributed by atoms with Gasteiger partial charge in [0.2, 0.25) is 0 Å². The maximum atomic E-state index is 4.33. The molecule has 1 N–H and O–H groups in total. The van der Waals surface area contributed by atoms with Gasteiger partial charge >= 0.3 is 0 Å². The zero-order valence-corrected chi connectivity index (χ0v) is 2.73. The summed E-state index contributed by atoms with van der Waals surface area (Å²) in [6.45, 7) is 0.667. The fourth-order valence-corrected chi connectivity index (χ4v) is 0.208. The third kappa shape index (κ3) is 0.610. The van der Waals surface area contributed by atoms with Gasteiger partial charge in [-0.3, -0.25) is 0 Å². The Hall–Kier alpha value is -0.0551. The average molecular weight is 72.9 g/mol. The molecule has 28 valence electrons. The Balaban J connectivity index is 2.08. The van der Waals surface area contributed by atoms with Crippen molar-refractivity contribution in [1.29, 1.82) is 0 Å². The zero-order chi connectivity index (χ0) is 3.54. The molecule has 0 aliphatic carbocycles. The van der Waals surface area contributed by atoms with Crippen molar-refractivity contribution < 1.29 is 9.88 Å². The third-order valence-corrected chi connectivity index (χ3v) is 0.405. The molecular formula is CH4BNO2. The molecule has 0 aromatic carbocycles. The van der Waals surface area contributed by atoms with Crippen molar-refractivity contribution in [3.05, 3.63) is 0 Å². The first-order valence-electron chi connectivity index (χ1n) is 1.51. The van der Waals surface area contributed by atoms with E-state index in [1.165, 1.54) is 0 Å². The lowest BCUT2D eigenvalue weighted by Crippen LogP contribution is -2.07. The summed E-state index contributed by atoms with van der Waals surface area (Å²) < 4.78 is 0. The van der Waals surface area contributed by atoms with Crippen LogP contribution in [-0.4, -0.2) is 13.9 Å². The number of rotatable bonds is 0. The highest BCUT2D eigenvalue weighted by Gasteiger charge is 1.98. The molecule has 1 saturated heterocycles. The second kappa shape index (κ2) is 1.40. The summed E-state index contributed by atoms with van der Waals surface area (Å²) in [5, 5.41) is 2.50. The van der Waals surface area contributed by atoms with Crippen LogP contribution in [0.5, 0.6) is 0 Å². The minimum absolute atomic E-state index is 0.667. The third-order valence-electron chi connectivity index (χ3n) is 0.405. The van der Waals surface area contributed by atoms with Crippen LogP contribution in [0.15, 0.2) is 0 Å². The van der Waals surface area contributed by atoms with Crippen LogP contribution in [-0.2, 0) is 9.88 Å². The van der Waals surface area contributed by atoms with Crippen molar-refractivity contribution in [1.82, 2.24) is 5.39 Å². The van der Waals surface area contributed by atoms with Gasteiger partial charge < -0.3 is 0 Å². The van der Waals surface area contributed by atoms with E-state index in [2.05, 4.69) is 15.3 Å². The Morgan fingerprint density at radius 2 is 2.80 bits per heavy atom. The van der Waals surface area contributed by atoms with Crippen molar-refractivity contribution in [3.8, 4) is 0 Å². The summed E-state index contributed by atoms with van der Waals surface area (Å²) in [6, 6.07) is 0. The molecule has 0 saturated carbocycles. The molecule has 5 heavy (non-hydrogen) atoms. The molecule has 0 bridgehead atoms. The standard InChI is InChI=1S/CH4BNO2/c1-2-3-5-4-1/h2-3H,1H2. The second-order valence-electron chi connectivity index (χ2n) is 0.800. The molecule has 1 aliphatic heterocycles. The molecule has 0 unspecified atom stereocenters. The van der Waals surface area contributed by atoms with Gasteiger partial charge in [0.15, 0.2) is 0 Å². The van der Waals surface area contributed by atoms with Crippen LogP contribution in [0.25, 0.3) is 0 Å². The number of nitrogens with one attached hydrogen (secondary N) is 1. The van der Waals surface area contributed by atoms with Gasteiger partial charge in [-0.15, -0.1) is 0 Å². The first-order valence-corrected chi connectivity index (χ1v) is 1.51. The number of hydrogen-bond acceptors (Lipinski definition) is 3. The lowest BCUT2D eigenvalue weighted by molar-refractivity contribution is -0.284. The molecule has 1 fully saturated rings. The van der Waals surface area contributed by atoms with E-state index in [1.54, 1.807) is 0 Å². The quantitative estimate of drug-likeness (QED) is 0.287. The molecular weight excluding hydrogens is 68.8 g/mol. The predicted molar refractivity (Wildman–Crippen MR) is 17.3 cm³/mol. The Kier molecular flexibility index (Phi) is 0.881. The van der Waals surface area contributed by atoms with Crippen LogP contribution in [0.1, 0.15) is 0 Å². The van der Waals surface area contributed by atoms with E-state index in [1.807, 2.05) is 0 Å². The van der Waals surface area contributed by atoms with E-state index in [0.717, 1.165) is 7.41 Å². The molecule has 0 atom stereocenters. The fourth-order valence-electron chi connectivity index (χ4n) is 0.208. The Labute approximate surface area is 30.4 Å². The molecule has 0 radical (unpaired) electrons. The van der Waals surface area contributed by atoms with Gasteiger partial charge in [0, 0.05) is 0 Å². The Morgan fingerprint density at radius 3 is 3.00 bits per heavy atom. The van der Waals surface area contributed by atoms with Gasteiger partial charge in [0.25, 0.3) is 7.41 Å². The van der Waals surface area contributed by atoms with Gasteiger partial charge in [0.1, 0.15) is 0 Å². The minimum Gasteiger partial charge on any atom is -0.226 e. The van der Waals surface area contributed by atoms with Crippen molar-refractivity contribution >= 4 is 7.41 Å². The summed E-state index contributed by atoms with van der Waals surface area (Å²) in [5.74, 6) is 0. The van der Waals surface area contributed by atoms with E-state index in [4.69, 9.17) is 0 Å². The normalized spacial score (nSPS) is 22.4. The molecule has 3 nitrogen and oxygen atoms in total. The molecule has 4 heteroatoms. The smallest absolute Gasteiger partial charge is 0.226 e. The molecule has 0 aromatic heterocycles. The maximum Gasteiger partial charge on any atom is 0.270 e. The largest absolute Gasteiger partial charge is 0.270 e. The van der Waals surface area contributed by atoms with Gasteiger partial charge in [-0.25, -0.2) is 10.3 Å². The van der Waals surface area contributed by atoms with Crippen molar-refractivity contribution in [2.24, 2.45) is 0 Å². The average Bonchev–Trinajstić information content (AvgIpc) is 1.76. The summed E-state index contributed by atoms with van der Waals surface area (Å²) in [4.78, 5) is 8.53. The SMILES string of the molecule is B1COON1. The van der Waals surface area contributed by atoms with E-state index in [0.29, 0.717) is 6.51 Å². The lowest BCUT2D eigenvalue weighted by atomic mass is 10.0. The highest BCUT2D eigenvalue weighted by molar-refractivity contribution is 6.31. The van der Waals surface area contributed by atoms with Gasteiger partial charge in [-0.1, -0.05) is 0 Å². The van der Waals surface area contributed by atoms with Crippen LogP contribution in [0.4, 0.5) is 0 Å². The first kappa shape index (κ1) is 3.15. The summed E-state index contributed by atoms with van der Waals surface area (Å²) in [6.07, 6.45) is 0. The summed E-state index contributed by atoms with van der Waals surface area (Å²) in [7, 11) is 0.806. The zero-order valence-electron chi connectivity index (χ0n) is 2.73. The maximum absolute atomic E-state index is 4.33. The van der Waals surface area contributed by atoms with E-state index >= 15 is 0 Å². The van der Waals surface area contributed by atoms with Crippen LogP contribution in [0.2, 0.25) is 0 Å². The highest BCUT2D eigenvalue weighted by Crippen LogP contribution is 1.75. The lowest BCUT2D eigenvalue weighted by Gasteiger charge is -1.79. The summed E-state index contributed by atoms with van der Waals surface area (Å²) >= 11 is 0. The van der Waals surface area contributed by atoms with Gasteiger partial charge in [-0.05, 0) is 0 Å². The van der Waals surface area contributed by atoms with Crippen molar-refractivity contribution in [2.75, 3.05) is 6.51 Å². The topological polar surface area (TPSA) is 30.5 Å². The van der Waals surface area contributed by atoms with E-state index in [-0.39, 0.29) is 0 Å². The van der Waals surface area contributed by atoms with Crippen LogP contribution in [0.3, 0.4) is 0 Å². The van der Waals surface area contributed by atoms with Gasteiger partial charge in [0.05, 0.1) is 6.51 Å². The van der Waals surface area contributed by atoms with Crippen LogP contribution in [0, 0.1) is 0 Å². The minimum atomic E-state index is 0.667. The molecule has 1 rings (SSSR count). The fraction of sp³-hybridized carbons (Fsp3) is 1.00. The van der Waals surface area contributed by atoms with Crippen LogP contribution < -0.4 is 5.39 Å². The Morgan fingerprint density at radius 1 is 1.80 bits per heavy atom. The highest BCUT2D eigenvalue weighted by atomic mass is 17.3. The Bertz CT molecular complexity index is 21.2. The van der Waals surface area contributed by atoms with Crippen molar-refractivity contribution in [2.45, 2.75) is 0 Å². The predicted octanol–water partition coefficient (Wildman–Crippen LogP) is -1.24. The van der Waals surface area contributed by atoms with E-state index < -0.39 is 0 Å². The molecule has 0 spiro atoms. The monoisotopic (exact) mass is 73.0 g/mol. The number of hydrogen-bond donors (Lipinski definition) is 1. The first-order chi connectivity index (χ1) is 2.50. The molecule has 0 amide bonds. The molecule has 1 aliphatic rings. The molecule has 1 heterocycles. The van der Waals surface area contributed by atoms with Crippen LogP contribution >= 0.6 is 0 Å².